The molecule has 3 rings (SSSR count). The Kier molecular flexibility index (Phi) is 3.00. The van der Waals surface area contributed by atoms with Gasteiger partial charge in [-0.2, -0.15) is 9.13 Å². The maximum Gasteiger partial charge on any atom is 0.273 e. The predicted octanol–water partition coefficient (Wildman–Crippen LogP) is 3.96. The van der Waals surface area contributed by atoms with Crippen LogP contribution in [0, 0.1) is 11.0 Å². The van der Waals surface area contributed by atoms with E-state index in [1.54, 1.807) is 18.2 Å². The lowest BCUT2D eigenvalue weighted by molar-refractivity contribution is -0.358. The van der Waals surface area contributed by atoms with Gasteiger partial charge < -0.3 is 5.21 Å². The number of hydrogen-bond acceptors (Lipinski definition) is 2. The zero-order valence-electron chi connectivity index (χ0n) is 9.86. The number of Topliss-reactive ketones (excluding diaryl/α,β-unsaturated/α-hetero) is 1. The Labute approximate surface area is 123 Å². The molecule has 6 heteroatoms. The Bertz CT molecular complexity index is 787. The predicted molar refractivity (Wildman–Crippen MR) is 74.6 cm³/mol. The van der Waals surface area contributed by atoms with Gasteiger partial charge in [0.2, 0.25) is 0 Å². The summed E-state index contributed by atoms with van der Waals surface area (Å²) in [6.07, 6.45) is 0. The Balaban J connectivity index is 2.25. The molecule has 0 amide bonds. The van der Waals surface area contributed by atoms with Crippen LogP contribution in [-0.4, -0.2) is 16.2 Å². The number of carbonyl (C=O) groups is 1. The summed E-state index contributed by atoms with van der Waals surface area (Å²) in [5.41, 5.74) is -0.178. The van der Waals surface area contributed by atoms with E-state index in [-0.39, 0.29) is 26.7 Å². The summed E-state index contributed by atoms with van der Waals surface area (Å²) < 4.78 is 14.1. The summed E-state index contributed by atoms with van der Waals surface area (Å²) in [6, 6.07) is 8.55. The normalized spacial score (nSPS) is 13.8. The van der Waals surface area contributed by atoms with Crippen LogP contribution in [0.3, 0.4) is 0 Å². The highest BCUT2D eigenvalue weighted by atomic mass is 35.5. The van der Waals surface area contributed by atoms with E-state index < -0.39 is 11.6 Å². The van der Waals surface area contributed by atoms with E-state index in [4.69, 9.17) is 23.2 Å². The zero-order chi connectivity index (χ0) is 14.4. The second-order valence-corrected chi connectivity index (χ2v) is 5.14. The largest absolute Gasteiger partial charge is 0.618 e. The summed E-state index contributed by atoms with van der Waals surface area (Å²) >= 11 is 11.6. The fourth-order valence-corrected chi connectivity index (χ4v) is 2.56. The molecule has 1 aliphatic heterocycles. The van der Waals surface area contributed by atoms with E-state index >= 15 is 0 Å². The number of carbonyl (C=O) groups excluding carboxylic acids is 1. The smallest absolute Gasteiger partial charge is 0.273 e. The molecule has 0 N–H and O–H groups in total. The molecule has 0 aromatic heterocycles. The number of fused-ring (bicyclic) bond motifs is 1. The highest BCUT2D eigenvalue weighted by Gasteiger charge is 2.39. The average molecular weight is 310 g/mol. The topological polar surface area (TPSA) is 43.1 Å². The molecule has 3 nitrogen and oxygen atoms in total. The van der Waals surface area contributed by atoms with Crippen LogP contribution < -0.4 is 0 Å². The number of hydrogen-bond donors (Lipinski definition) is 0. The van der Waals surface area contributed by atoms with Crippen molar-refractivity contribution >= 4 is 40.4 Å². The van der Waals surface area contributed by atoms with E-state index in [2.05, 4.69) is 0 Å². The van der Waals surface area contributed by atoms with Gasteiger partial charge in [0.25, 0.3) is 17.2 Å². The number of ketones is 1. The molecule has 0 fully saturated rings. The molecular weight excluding hydrogens is 304 g/mol. The molecule has 0 atom stereocenters. The third kappa shape index (κ3) is 1.88. The lowest BCUT2D eigenvalue weighted by Gasteiger charge is -2.03. The monoisotopic (exact) mass is 309 g/mol. The van der Waals surface area contributed by atoms with Gasteiger partial charge >= 0.3 is 0 Å². The minimum atomic E-state index is -0.826. The summed E-state index contributed by atoms with van der Waals surface area (Å²) in [4.78, 5) is 12.3. The number of benzene rings is 2. The van der Waals surface area contributed by atoms with Crippen LogP contribution in [0.2, 0.25) is 10.0 Å². The summed E-state index contributed by atoms with van der Waals surface area (Å²) in [5, 5.41) is 12.6. The van der Waals surface area contributed by atoms with E-state index in [0.717, 1.165) is 6.07 Å². The zero-order valence-corrected chi connectivity index (χ0v) is 11.4. The fourth-order valence-electron chi connectivity index (χ4n) is 2.16. The Hall–Kier alpha value is -1.91. The van der Waals surface area contributed by atoms with Gasteiger partial charge in [-0.1, -0.05) is 29.3 Å². The van der Waals surface area contributed by atoms with Crippen molar-refractivity contribution in [1.29, 1.82) is 0 Å². The van der Waals surface area contributed by atoms with Gasteiger partial charge in [0.05, 0.1) is 5.56 Å². The molecule has 0 radical (unpaired) electrons. The van der Waals surface area contributed by atoms with Crippen LogP contribution >= 0.6 is 23.2 Å². The molecule has 0 aliphatic carbocycles. The Morgan fingerprint density at radius 2 is 1.85 bits per heavy atom. The first-order valence-electron chi connectivity index (χ1n) is 5.63. The molecule has 2 aromatic rings. The van der Waals surface area contributed by atoms with E-state index in [0.29, 0.717) is 10.6 Å². The molecule has 0 unspecified atom stereocenters. The maximum atomic E-state index is 13.8. The first kappa shape index (κ1) is 13.1. The second-order valence-electron chi connectivity index (χ2n) is 4.27. The highest BCUT2D eigenvalue weighted by molar-refractivity contribution is 6.52. The second kappa shape index (κ2) is 4.58. The van der Waals surface area contributed by atoms with Crippen molar-refractivity contribution in [2.75, 3.05) is 0 Å². The third-order valence-corrected chi connectivity index (χ3v) is 3.45. The Morgan fingerprint density at radius 3 is 2.55 bits per heavy atom. The van der Waals surface area contributed by atoms with Gasteiger partial charge in [0.1, 0.15) is 5.56 Å². The Morgan fingerprint density at radius 1 is 1.10 bits per heavy atom. The number of rotatable bonds is 1. The van der Waals surface area contributed by atoms with Crippen LogP contribution in [0.1, 0.15) is 15.9 Å². The molecule has 2 aromatic carbocycles. The lowest BCUT2D eigenvalue weighted by atomic mass is 10.0. The summed E-state index contributed by atoms with van der Waals surface area (Å²) in [6.45, 7) is 0. The fraction of sp³-hybridized carbons (Fsp3) is 0. The van der Waals surface area contributed by atoms with Crippen molar-refractivity contribution in [3.8, 4) is 0 Å². The van der Waals surface area contributed by atoms with E-state index in [9.17, 15) is 14.4 Å². The van der Waals surface area contributed by atoms with Crippen molar-refractivity contribution < 1.29 is 13.9 Å². The molecular formula is C14H6Cl2FNO2. The molecule has 1 aliphatic rings. The molecule has 100 valence electrons. The van der Waals surface area contributed by atoms with Crippen molar-refractivity contribution in [3.05, 3.63) is 68.6 Å². The van der Waals surface area contributed by atoms with E-state index in [1.165, 1.54) is 12.1 Å². The molecule has 0 spiro atoms. The van der Waals surface area contributed by atoms with Crippen LogP contribution in [0.25, 0.3) is 0 Å². The lowest BCUT2D eigenvalue weighted by Crippen LogP contribution is -2.16. The SMILES string of the molecule is O=C1C(c2cccc(Cl)c2)=[N+]([O-])c2c(F)cc(Cl)cc21. The molecule has 0 saturated carbocycles. The van der Waals surface area contributed by atoms with Gasteiger partial charge in [-0.25, -0.2) is 0 Å². The van der Waals surface area contributed by atoms with E-state index in [1.807, 2.05) is 0 Å². The van der Waals surface area contributed by atoms with Gasteiger partial charge in [-0.3, -0.25) is 4.79 Å². The van der Waals surface area contributed by atoms with Crippen molar-refractivity contribution in [2.45, 2.75) is 0 Å². The first-order chi connectivity index (χ1) is 9.49. The molecule has 0 bridgehead atoms. The first-order valence-corrected chi connectivity index (χ1v) is 6.38. The average Bonchev–Trinajstić information content (AvgIpc) is 2.61. The maximum absolute atomic E-state index is 13.8. The van der Waals surface area contributed by atoms with Gasteiger partial charge in [-0.05, 0) is 30.3 Å². The number of nitrogens with zero attached hydrogens (tertiary/aromatic N) is 1. The van der Waals surface area contributed by atoms with Crippen molar-refractivity contribution in [3.63, 3.8) is 0 Å². The minimum absolute atomic E-state index is 0.0417. The van der Waals surface area contributed by atoms with Crippen LogP contribution in [-0.2, 0) is 0 Å². The molecule has 0 saturated heterocycles. The highest BCUT2D eigenvalue weighted by Crippen LogP contribution is 2.33. The van der Waals surface area contributed by atoms with Crippen LogP contribution in [0.5, 0.6) is 0 Å². The van der Waals surface area contributed by atoms with Crippen molar-refractivity contribution in [2.24, 2.45) is 0 Å². The van der Waals surface area contributed by atoms with Gasteiger partial charge in [0.15, 0.2) is 5.82 Å². The quantitative estimate of drug-likeness (QED) is 0.591. The van der Waals surface area contributed by atoms with Gasteiger partial charge in [-0.15, -0.1) is 0 Å². The van der Waals surface area contributed by atoms with Gasteiger partial charge in [0, 0.05) is 10.0 Å². The minimum Gasteiger partial charge on any atom is -0.618 e. The standard InChI is InChI=1S/C14H6Cl2FNO2/c15-8-3-1-2-7(4-8)12-14(19)10-5-9(16)6-11(17)13(10)18(12)20/h1-6H. The van der Waals surface area contributed by atoms with Crippen LogP contribution in [0.15, 0.2) is 36.4 Å². The number of halogens is 3. The molecule has 1 heterocycles. The molecule has 20 heavy (non-hydrogen) atoms. The summed E-state index contributed by atoms with van der Waals surface area (Å²) in [5.74, 6) is -1.40. The third-order valence-electron chi connectivity index (χ3n) is 2.99. The summed E-state index contributed by atoms with van der Waals surface area (Å²) in [7, 11) is 0. The van der Waals surface area contributed by atoms with Crippen molar-refractivity contribution in [1.82, 2.24) is 0 Å². The van der Waals surface area contributed by atoms with Crippen LogP contribution in [0.4, 0.5) is 10.1 Å².